The van der Waals surface area contributed by atoms with E-state index in [-0.39, 0.29) is 36.3 Å². The molecule has 0 radical (unpaired) electrons. The molecule has 1 aromatic heterocycles. The molecule has 2 heterocycles. The summed E-state index contributed by atoms with van der Waals surface area (Å²) in [7, 11) is -3.40. The Morgan fingerprint density at radius 2 is 2.00 bits per heavy atom. The third-order valence-electron chi connectivity index (χ3n) is 4.83. The topological polar surface area (TPSA) is 93.5 Å². The Labute approximate surface area is 187 Å². The monoisotopic (exact) mass is 482 g/mol. The van der Waals surface area contributed by atoms with E-state index in [9.17, 15) is 22.0 Å². The number of nitrogens with one attached hydrogen (secondary N) is 1. The van der Waals surface area contributed by atoms with Gasteiger partial charge in [0.1, 0.15) is 31.2 Å². The zero-order valence-corrected chi connectivity index (χ0v) is 18.3. The van der Waals surface area contributed by atoms with Gasteiger partial charge in [0.25, 0.3) is 5.56 Å². The Kier molecular flexibility index (Phi) is 5.78. The highest BCUT2D eigenvalue weighted by Crippen LogP contribution is 2.33. The van der Waals surface area contributed by atoms with Crippen LogP contribution >= 0.6 is 11.6 Å². The maximum absolute atomic E-state index is 13.7. The number of hydrogen-bond acceptors (Lipinski definition) is 6. The minimum Gasteiger partial charge on any atom is -0.471 e. The van der Waals surface area contributed by atoms with E-state index in [1.807, 2.05) is 0 Å². The van der Waals surface area contributed by atoms with Crippen LogP contribution in [0.3, 0.4) is 0 Å². The van der Waals surface area contributed by atoms with Gasteiger partial charge in [-0.25, -0.2) is 26.5 Å². The summed E-state index contributed by atoms with van der Waals surface area (Å²) in [5.41, 5.74) is 1.39. The molecule has 4 rings (SSSR count). The van der Waals surface area contributed by atoms with E-state index in [0.717, 1.165) is 18.4 Å². The highest BCUT2D eigenvalue weighted by Gasteiger charge is 2.26. The molecule has 1 aliphatic rings. The Bertz CT molecular complexity index is 1360. The second-order valence-electron chi connectivity index (χ2n) is 7.12. The van der Waals surface area contributed by atoms with Gasteiger partial charge in [-0.15, -0.1) is 0 Å². The minimum atomic E-state index is -3.40. The van der Waals surface area contributed by atoms with E-state index >= 15 is 0 Å². The van der Waals surface area contributed by atoms with Crippen molar-refractivity contribution in [3.63, 3.8) is 0 Å². The quantitative estimate of drug-likeness (QED) is 0.580. The first-order valence-corrected chi connectivity index (χ1v) is 11.5. The third-order valence-corrected chi connectivity index (χ3v) is 6.28. The lowest BCUT2D eigenvalue weighted by atomic mass is 10.2. The molecule has 12 heteroatoms. The first-order valence-electron chi connectivity index (χ1n) is 9.29. The second kappa shape index (κ2) is 8.40. The van der Waals surface area contributed by atoms with Gasteiger partial charge in [0.05, 0.1) is 24.2 Å². The number of aromatic nitrogens is 2. The normalized spacial score (nSPS) is 13.1. The molecule has 0 fully saturated rings. The predicted octanol–water partition coefficient (Wildman–Crippen LogP) is 2.95. The molecule has 0 spiro atoms. The Morgan fingerprint density at radius 1 is 1.22 bits per heavy atom. The molecule has 2 aromatic carbocycles. The highest BCUT2D eigenvalue weighted by molar-refractivity contribution is 7.92. The summed E-state index contributed by atoms with van der Waals surface area (Å²) in [4.78, 5) is 16.6. The molecule has 0 bridgehead atoms. The van der Waals surface area contributed by atoms with Crippen molar-refractivity contribution in [2.75, 3.05) is 22.5 Å². The van der Waals surface area contributed by atoms with Crippen molar-refractivity contribution in [2.24, 2.45) is 0 Å². The number of rotatable bonds is 6. The molecule has 0 saturated carbocycles. The van der Waals surface area contributed by atoms with Crippen LogP contribution in [-0.2, 0) is 23.2 Å². The van der Waals surface area contributed by atoms with Crippen LogP contribution in [0.5, 0.6) is 5.88 Å². The molecule has 0 atom stereocenters. The summed E-state index contributed by atoms with van der Waals surface area (Å²) in [6.07, 6.45) is 2.37. The summed E-state index contributed by atoms with van der Waals surface area (Å²) in [5.74, 6) is -1.67. The Balaban J connectivity index is 1.51. The van der Waals surface area contributed by atoms with Crippen LogP contribution in [0, 0.1) is 11.6 Å². The van der Waals surface area contributed by atoms with E-state index in [4.69, 9.17) is 16.3 Å². The van der Waals surface area contributed by atoms with Crippen molar-refractivity contribution in [3.8, 4) is 5.88 Å². The third kappa shape index (κ3) is 4.39. The molecule has 0 aliphatic carbocycles. The zero-order chi connectivity index (χ0) is 23.0. The van der Waals surface area contributed by atoms with Gasteiger partial charge in [0.15, 0.2) is 5.02 Å². The fourth-order valence-corrected chi connectivity index (χ4v) is 4.25. The van der Waals surface area contributed by atoms with Crippen LogP contribution in [0.4, 0.5) is 20.2 Å². The van der Waals surface area contributed by atoms with Crippen molar-refractivity contribution in [3.05, 3.63) is 80.9 Å². The average molecular weight is 483 g/mol. The van der Waals surface area contributed by atoms with Crippen LogP contribution in [0.15, 0.2) is 47.5 Å². The summed E-state index contributed by atoms with van der Waals surface area (Å²) in [5, 5.41) is 2.72. The predicted molar refractivity (Wildman–Crippen MR) is 116 cm³/mol. The summed E-state index contributed by atoms with van der Waals surface area (Å²) in [6, 6.07) is 8.14. The van der Waals surface area contributed by atoms with E-state index in [2.05, 4.69) is 10.3 Å². The standard InChI is InChI=1S/C20H17ClF2N4O4S/c1-32(29,30)27-11-24-16-6-12(2-5-17(16)27)8-26-10-25-19(18(21)20(26)28)31-9-13-3-4-14(22)7-15(13)23/h2-7,10,24H,8-9,11H2,1H3. The first-order chi connectivity index (χ1) is 15.1. The lowest BCUT2D eigenvalue weighted by Crippen LogP contribution is -2.29. The van der Waals surface area contributed by atoms with Gasteiger partial charge in [0.2, 0.25) is 15.9 Å². The number of fused-ring (bicyclic) bond motifs is 1. The van der Waals surface area contributed by atoms with Crippen LogP contribution in [-0.4, -0.2) is 30.9 Å². The van der Waals surface area contributed by atoms with Crippen molar-refractivity contribution in [1.82, 2.24) is 9.55 Å². The van der Waals surface area contributed by atoms with E-state index in [1.165, 1.54) is 21.3 Å². The number of ether oxygens (including phenoxy) is 1. The van der Waals surface area contributed by atoms with Gasteiger partial charge in [-0.2, -0.15) is 0 Å². The number of hydrogen-bond donors (Lipinski definition) is 1. The number of anilines is 2. The van der Waals surface area contributed by atoms with Gasteiger partial charge in [-0.05, 0) is 29.8 Å². The molecule has 1 aliphatic heterocycles. The van der Waals surface area contributed by atoms with Crippen LogP contribution in [0.1, 0.15) is 11.1 Å². The Morgan fingerprint density at radius 3 is 2.72 bits per heavy atom. The van der Waals surface area contributed by atoms with E-state index in [0.29, 0.717) is 16.9 Å². The highest BCUT2D eigenvalue weighted by atomic mass is 35.5. The van der Waals surface area contributed by atoms with Crippen molar-refractivity contribution < 1.29 is 21.9 Å². The van der Waals surface area contributed by atoms with Crippen LogP contribution in [0.25, 0.3) is 0 Å². The average Bonchev–Trinajstić information content (AvgIpc) is 3.16. The summed E-state index contributed by atoms with van der Waals surface area (Å²) < 4.78 is 58.3. The number of nitrogens with zero attached hydrogens (tertiary/aromatic N) is 3. The minimum absolute atomic E-state index is 0.0854. The Hall–Kier alpha value is -3.18. The van der Waals surface area contributed by atoms with Crippen LogP contribution in [0.2, 0.25) is 5.02 Å². The largest absolute Gasteiger partial charge is 0.471 e. The molecule has 0 saturated heterocycles. The van der Waals surface area contributed by atoms with Gasteiger partial charge in [-0.3, -0.25) is 9.36 Å². The van der Waals surface area contributed by atoms with Gasteiger partial charge in [-0.1, -0.05) is 17.7 Å². The number of halogens is 3. The van der Waals surface area contributed by atoms with Crippen molar-refractivity contribution >= 4 is 33.0 Å². The van der Waals surface area contributed by atoms with Crippen LogP contribution < -0.4 is 19.9 Å². The van der Waals surface area contributed by atoms with Crippen molar-refractivity contribution in [2.45, 2.75) is 13.2 Å². The summed E-state index contributed by atoms with van der Waals surface area (Å²) in [6.45, 7) is -0.0203. The molecule has 8 nitrogen and oxygen atoms in total. The lowest BCUT2D eigenvalue weighted by Gasteiger charge is -2.15. The molecule has 3 aromatic rings. The van der Waals surface area contributed by atoms with Gasteiger partial charge >= 0.3 is 0 Å². The van der Waals surface area contributed by atoms with Gasteiger partial charge < -0.3 is 10.1 Å². The van der Waals surface area contributed by atoms with E-state index < -0.39 is 27.2 Å². The lowest BCUT2D eigenvalue weighted by molar-refractivity contribution is 0.286. The smallest absolute Gasteiger partial charge is 0.276 e. The first kappa shape index (κ1) is 22.0. The zero-order valence-electron chi connectivity index (χ0n) is 16.7. The fraction of sp³-hybridized carbons (Fsp3) is 0.200. The SMILES string of the molecule is CS(=O)(=O)N1CNc2cc(Cn3cnc(OCc4ccc(F)cc4F)c(Cl)c3=O)ccc21. The molecular formula is C20H17ClF2N4O4S. The van der Waals surface area contributed by atoms with E-state index in [1.54, 1.807) is 18.2 Å². The van der Waals surface area contributed by atoms with Crippen molar-refractivity contribution in [1.29, 1.82) is 0 Å². The molecular weight excluding hydrogens is 466 g/mol. The number of sulfonamides is 1. The molecule has 0 unspecified atom stereocenters. The molecule has 0 amide bonds. The number of benzene rings is 2. The fourth-order valence-electron chi connectivity index (χ4n) is 3.22. The molecule has 32 heavy (non-hydrogen) atoms. The summed E-state index contributed by atoms with van der Waals surface area (Å²) >= 11 is 6.10. The maximum Gasteiger partial charge on any atom is 0.276 e. The van der Waals surface area contributed by atoms with Gasteiger partial charge in [0, 0.05) is 11.6 Å². The maximum atomic E-state index is 13.7. The molecule has 168 valence electrons. The second-order valence-corrected chi connectivity index (χ2v) is 9.40. The molecule has 1 N–H and O–H groups in total.